The number of aromatic nitrogens is 2. The van der Waals surface area contributed by atoms with Crippen LogP contribution in [-0.2, 0) is 34.7 Å². The summed E-state index contributed by atoms with van der Waals surface area (Å²) in [5.74, 6) is -0.275. The largest absolute Gasteiger partial charge is 0.458 e. The van der Waals surface area contributed by atoms with Crippen LogP contribution in [0.5, 0.6) is 5.75 Å². The van der Waals surface area contributed by atoms with Crippen molar-refractivity contribution in [1.82, 2.24) is 19.4 Å². The second kappa shape index (κ2) is 12.0. The Kier molecular flexibility index (Phi) is 8.24. The molecule has 0 aliphatic carbocycles. The predicted octanol–water partition coefficient (Wildman–Crippen LogP) is 4.73. The van der Waals surface area contributed by atoms with Gasteiger partial charge in [-0.2, -0.15) is 0 Å². The van der Waals surface area contributed by atoms with E-state index >= 15 is 0 Å². The number of esters is 1. The third-order valence-corrected chi connectivity index (χ3v) is 9.78. The van der Waals surface area contributed by atoms with Crippen LogP contribution < -0.4 is 10.3 Å². The number of piperidine rings is 1. The molecule has 1 amide bonds. The fourth-order valence-corrected chi connectivity index (χ4v) is 7.15. The number of nitrogens with zero attached hydrogens (tertiary/aromatic N) is 4. The van der Waals surface area contributed by atoms with Crippen molar-refractivity contribution in [2.45, 2.75) is 91.0 Å². The lowest BCUT2D eigenvalue weighted by Gasteiger charge is -2.37. The zero-order chi connectivity index (χ0) is 31.2. The Morgan fingerprint density at radius 1 is 1.14 bits per heavy atom. The van der Waals surface area contributed by atoms with E-state index in [-0.39, 0.29) is 24.7 Å². The summed E-state index contributed by atoms with van der Waals surface area (Å²) < 4.78 is 12.7. The molecule has 0 spiro atoms. The second-order valence-electron chi connectivity index (χ2n) is 12.1. The van der Waals surface area contributed by atoms with Crippen molar-refractivity contribution in [1.29, 1.82) is 0 Å². The van der Waals surface area contributed by atoms with Gasteiger partial charge >= 0.3 is 12.1 Å². The number of rotatable bonds is 8. The van der Waals surface area contributed by atoms with Crippen LogP contribution in [0, 0.1) is 0 Å². The third-order valence-electron chi connectivity index (χ3n) is 9.78. The number of aliphatic hydroxyl groups is 1. The topological polar surface area (TPSA) is 114 Å². The average Bonchev–Trinajstić information content (AvgIpc) is 3.41. The van der Waals surface area contributed by atoms with Gasteiger partial charge in [-0.25, -0.2) is 14.6 Å². The van der Waals surface area contributed by atoms with Gasteiger partial charge in [0.25, 0.3) is 5.56 Å². The summed E-state index contributed by atoms with van der Waals surface area (Å²) in [5.41, 5.74) is 2.36. The number of aryl methyl sites for hydroxylation is 1. The van der Waals surface area contributed by atoms with E-state index in [1.54, 1.807) is 28.5 Å². The molecule has 1 saturated heterocycles. The van der Waals surface area contributed by atoms with Gasteiger partial charge in [-0.3, -0.25) is 4.79 Å². The number of amides is 1. The Labute approximate surface area is 257 Å². The standard InChI is InChI=1S/C34H42N4O6/c1-5-9-14-36(8-4)21-12-15-37(16-13-21)33(41)44-22-10-11-28-24(17-22)23(6-2)25-19-38-29(30(25)35-28)18-27-26(31(38)39)20-43-32(40)34(27,42)7-3/h10-11,17-18,21,42H,5-9,12-16,19-20H2,1-4H3. The third kappa shape index (κ3) is 4.98. The van der Waals surface area contributed by atoms with E-state index < -0.39 is 11.6 Å². The van der Waals surface area contributed by atoms with Crippen molar-refractivity contribution in [2.24, 2.45) is 0 Å². The van der Waals surface area contributed by atoms with Crippen LogP contribution in [0.25, 0.3) is 22.3 Å². The van der Waals surface area contributed by atoms with Crippen LogP contribution in [-0.4, -0.2) is 68.7 Å². The van der Waals surface area contributed by atoms with Crippen LogP contribution in [0.15, 0.2) is 29.1 Å². The molecule has 1 aromatic carbocycles. The van der Waals surface area contributed by atoms with E-state index in [4.69, 9.17) is 14.5 Å². The molecule has 3 aliphatic rings. The van der Waals surface area contributed by atoms with Crippen LogP contribution in [0.1, 0.15) is 82.1 Å². The minimum atomic E-state index is -1.87. The van der Waals surface area contributed by atoms with Crippen LogP contribution in [0.2, 0.25) is 0 Å². The highest BCUT2D eigenvalue weighted by Gasteiger charge is 2.45. The Hall–Kier alpha value is -3.76. The molecule has 3 aliphatic heterocycles. The molecule has 2 aromatic heterocycles. The molecule has 10 nitrogen and oxygen atoms in total. The zero-order valence-corrected chi connectivity index (χ0v) is 26.1. The van der Waals surface area contributed by atoms with E-state index in [0.29, 0.717) is 60.4 Å². The van der Waals surface area contributed by atoms with Gasteiger partial charge in [0.1, 0.15) is 12.4 Å². The molecule has 0 bridgehead atoms. The number of cyclic esters (lactones) is 1. The number of hydrogen-bond donors (Lipinski definition) is 1. The van der Waals surface area contributed by atoms with E-state index in [1.807, 2.05) is 12.1 Å². The van der Waals surface area contributed by atoms with Crippen molar-refractivity contribution in [3.05, 3.63) is 56.9 Å². The Bertz CT molecular complexity index is 1670. The Balaban J connectivity index is 1.26. The highest BCUT2D eigenvalue weighted by atomic mass is 16.6. The fourth-order valence-electron chi connectivity index (χ4n) is 7.15. The number of benzene rings is 1. The maximum absolute atomic E-state index is 13.6. The maximum atomic E-state index is 13.6. The zero-order valence-electron chi connectivity index (χ0n) is 26.1. The quantitative estimate of drug-likeness (QED) is 0.288. The monoisotopic (exact) mass is 602 g/mol. The number of carbonyl (C=O) groups is 2. The van der Waals surface area contributed by atoms with E-state index in [0.717, 1.165) is 48.0 Å². The number of fused-ring (bicyclic) bond motifs is 5. The molecule has 10 heteroatoms. The highest BCUT2D eigenvalue weighted by Crippen LogP contribution is 2.40. The van der Waals surface area contributed by atoms with Crippen molar-refractivity contribution in [2.75, 3.05) is 26.2 Å². The molecule has 6 rings (SSSR count). The maximum Gasteiger partial charge on any atom is 0.415 e. The normalized spacial score (nSPS) is 19.6. The Morgan fingerprint density at radius 2 is 1.91 bits per heavy atom. The molecule has 0 radical (unpaired) electrons. The molecule has 5 heterocycles. The van der Waals surface area contributed by atoms with Crippen molar-refractivity contribution >= 4 is 23.0 Å². The van der Waals surface area contributed by atoms with Gasteiger partial charge in [0.15, 0.2) is 5.60 Å². The van der Waals surface area contributed by atoms with Crippen molar-refractivity contribution in [3.63, 3.8) is 0 Å². The number of likely N-dealkylation sites (tertiary alicyclic amines) is 1. The summed E-state index contributed by atoms with van der Waals surface area (Å²) in [6.07, 6.45) is 4.70. The van der Waals surface area contributed by atoms with Gasteiger partial charge in [0.05, 0.1) is 29.0 Å². The van der Waals surface area contributed by atoms with Gasteiger partial charge in [0, 0.05) is 35.6 Å². The number of unbranched alkanes of at least 4 members (excludes halogenated alkanes) is 1. The average molecular weight is 603 g/mol. The second-order valence-corrected chi connectivity index (χ2v) is 12.1. The molecule has 0 saturated carbocycles. The van der Waals surface area contributed by atoms with E-state index in [1.165, 1.54) is 12.8 Å². The molecule has 44 heavy (non-hydrogen) atoms. The highest BCUT2D eigenvalue weighted by molar-refractivity contribution is 5.90. The predicted molar refractivity (Wildman–Crippen MR) is 167 cm³/mol. The molecule has 1 unspecified atom stereocenters. The molecule has 3 aromatic rings. The minimum Gasteiger partial charge on any atom is -0.458 e. The SMILES string of the molecule is CCCCN(CC)C1CCN(C(=O)Oc2ccc3nc4c(c(CC)c3c2)Cn2c-4cc3c(c2=O)COC(=O)C3(O)CC)CC1. The molecule has 1 N–H and O–H groups in total. The number of carbonyl (C=O) groups excluding carboxylic acids is 2. The van der Waals surface area contributed by atoms with Gasteiger partial charge in [-0.1, -0.05) is 34.1 Å². The first-order valence-corrected chi connectivity index (χ1v) is 16.1. The fraction of sp³-hybridized carbons (Fsp3) is 0.529. The van der Waals surface area contributed by atoms with Gasteiger partial charge in [-0.05, 0) is 75.0 Å². The number of ether oxygens (including phenoxy) is 2. The lowest BCUT2D eigenvalue weighted by atomic mass is 9.86. The van der Waals surface area contributed by atoms with Crippen LogP contribution >= 0.6 is 0 Å². The van der Waals surface area contributed by atoms with Gasteiger partial charge in [-0.15, -0.1) is 0 Å². The van der Waals surface area contributed by atoms with E-state index in [2.05, 4.69) is 25.7 Å². The number of pyridine rings is 2. The lowest BCUT2D eigenvalue weighted by molar-refractivity contribution is -0.172. The summed E-state index contributed by atoms with van der Waals surface area (Å²) in [4.78, 5) is 48.5. The minimum absolute atomic E-state index is 0.0928. The smallest absolute Gasteiger partial charge is 0.415 e. The molecular weight excluding hydrogens is 560 g/mol. The number of hydrogen-bond acceptors (Lipinski definition) is 8. The lowest BCUT2D eigenvalue weighted by Crippen LogP contribution is -2.47. The summed E-state index contributed by atoms with van der Waals surface area (Å²) in [6.45, 7) is 11.8. The van der Waals surface area contributed by atoms with Crippen molar-refractivity contribution in [3.8, 4) is 17.1 Å². The summed E-state index contributed by atoms with van der Waals surface area (Å²) in [6, 6.07) is 7.70. The first-order valence-electron chi connectivity index (χ1n) is 16.1. The van der Waals surface area contributed by atoms with Gasteiger partial charge in [0.2, 0.25) is 0 Å². The molecule has 234 valence electrons. The molecule has 1 fully saturated rings. The first-order chi connectivity index (χ1) is 21.2. The van der Waals surface area contributed by atoms with Crippen molar-refractivity contribution < 1.29 is 24.2 Å². The summed E-state index contributed by atoms with van der Waals surface area (Å²) >= 11 is 0. The molecule has 1 atom stereocenters. The van der Waals surface area contributed by atoms with Gasteiger partial charge < -0.3 is 28.9 Å². The van der Waals surface area contributed by atoms with E-state index in [9.17, 15) is 19.5 Å². The summed E-state index contributed by atoms with van der Waals surface area (Å²) in [5, 5.41) is 12.0. The Morgan fingerprint density at radius 3 is 2.59 bits per heavy atom. The summed E-state index contributed by atoms with van der Waals surface area (Å²) in [7, 11) is 0. The first kappa shape index (κ1) is 30.3. The molecular formula is C34H42N4O6. The van der Waals surface area contributed by atoms with Crippen LogP contribution in [0.3, 0.4) is 0 Å². The van der Waals surface area contributed by atoms with Crippen LogP contribution in [0.4, 0.5) is 4.79 Å².